The van der Waals surface area contributed by atoms with Gasteiger partial charge in [0.1, 0.15) is 6.54 Å². The van der Waals surface area contributed by atoms with Gasteiger partial charge in [0.15, 0.2) is 0 Å². The van der Waals surface area contributed by atoms with E-state index in [0.717, 1.165) is 35.4 Å². The first-order valence-electron chi connectivity index (χ1n) is 7.88. The van der Waals surface area contributed by atoms with Crippen molar-refractivity contribution < 1.29 is 4.79 Å². The summed E-state index contributed by atoms with van der Waals surface area (Å²) in [6.07, 6.45) is 2.04. The van der Waals surface area contributed by atoms with Crippen molar-refractivity contribution in [2.24, 2.45) is 0 Å². The lowest BCUT2D eigenvalue weighted by Crippen LogP contribution is -2.42. The van der Waals surface area contributed by atoms with E-state index >= 15 is 0 Å². The Morgan fingerprint density at radius 1 is 1.30 bits per heavy atom. The molecule has 3 rings (SSSR count). The molecule has 1 aromatic heterocycles. The number of nitrogens with zero attached hydrogens (tertiary/aromatic N) is 3. The SMILES string of the molecule is Cc1nn(CC(=O)N(C)C2CCSCC2)c(=O)c2ccccc12. The molecule has 0 N–H and O–H groups in total. The first kappa shape index (κ1) is 16.1. The summed E-state index contributed by atoms with van der Waals surface area (Å²) in [6, 6.07) is 7.68. The van der Waals surface area contributed by atoms with E-state index in [1.165, 1.54) is 4.68 Å². The van der Waals surface area contributed by atoms with E-state index < -0.39 is 0 Å². The zero-order chi connectivity index (χ0) is 16.4. The molecule has 0 radical (unpaired) electrons. The zero-order valence-electron chi connectivity index (χ0n) is 13.5. The minimum atomic E-state index is -0.202. The van der Waals surface area contributed by atoms with Gasteiger partial charge in [0.2, 0.25) is 5.91 Å². The fraction of sp³-hybridized carbons (Fsp3) is 0.471. The van der Waals surface area contributed by atoms with Gasteiger partial charge in [-0.15, -0.1) is 0 Å². The quantitative estimate of drug-likeness (QED) is 0.864. The number of rotatable bonds is 3. The summed E-state index contributed by atoms with van der Waals surface area (Å²) >= 11 is 1.93. The van der Waals surface area contributed by atoms with Crippen LogP contribution in [0.15, 0.2) is 29.1 Å². The Balaban J connectivity index is 1.85. The summed E-state index contributed by atoms with van der Waals surface area (Å²) < 4.78 is 1.30. The number of aromatic nitrogens is 2. The topological polar surface area (TPSA) is 55.2 Å². The Kier molecular flexibility index (Phi) is 4.71. The van der Waals surface area contributed by atoms with Gasteiger partial charge in [-0.2, -0.15) is 16.9 Å². The molecule has 1 aliphatic rings. The van der Waals surface area contributed by atoms with Gasteiger partial charge in [-0.3, -0.25) is 9.59 Å². The molecule has 0 unspecified atom stereocenters. The summed E-state index contributed by atoms with van der Waals surface area (Å²) in [7, 11) is 1.84. The second kappa shape index (κ2) is 6.74. The Morgan fingerprint density at radius 3 is 2.65 bits per heavy atom. The zero-order valence-corrected chi connectivity index (χ0v) is 14.3. The summed E-state index contributed by atoms with van der Waals surface area (Å²) in [5.74, 6) is 2.14. The lowest BCUT2D eigenvalue weighted by atomic mass is 10.1. The van der Waals surface area contributed by atoms with E-state index in [1.54, 1.807) is 11.0 Å². The van der Waals surface area contributed by atoms with Crippen LogP contribution < -0.4 is 5.56 Å². The Hall–Kier alpha value is -1.82. The molecule has 0 aliphatic carbocycles. The van der Waals surface area contributed by atoms with E-state index in [4.69, 9.17) is 0 Å². The normalized spacial score (nSPS) is 15.7. The van der Waals surface area contributed by atoms with E-state index in [0.29, 0.717) is 5.39 Å². The van der Waals surface area contributed by atoms with Gasteiger partial charge in [-0.1, -0.05) is 18.2 Å². The number of aryl methyl sites for hydroxylation is 1. The molecule has 2 heterocycles. The molecule has 5 nitrogen and oxygen atoms in total. The first-order chi connectivity index (χ1) is 11.1. The predicted molar refractivity (Wildman–Crippen MR) is 93.9 cm³/mol. The summed E-state index contributed by atoms with van der Waals surface area (Å²) in [5.41, 5.74) is 0.567. The molecule has 0 spiro atoms. The molecule has 0 bridgehead atoms. The van der Waals surface area contributed by atoms with Crippen molar-refractivity contribution >= 4 is 28.4 Å². The summed E-state index contributed by atoms with van der Waals surface area (Å²) in [6.45, 7) is 1.87. The van der Waals surface area contributed by atoms with Crippen LogP contribution in [0, 0.1) is 6.92 Å². The van der Waals surface area contributed by atoms with E-state index in [2.05, 4.69) is 5.10 Å². The van der Waals surface area contributed by atoms with E-state index in [9.17, 15) is 9.59 Å². The molecule has 23 heavy (non-hydrogen) atoms. The molecule has 6 heteroatoms. The van der Waals surface area contributed by atoms with Crippen LogP contribution in [0.3, 0.4) is 0 Å². The standard InChI is InChI=1S/C17H21N3O2S/c1-12-14-5-3-4-6-15(14)17(22)20(18-12)11-16(21)19(2)13-7-9-23-10-8-13/h3-6,13H,7-11H2,1-2H3. The van der Waals surface area contributed by atoms with Gasteiger partial charge < -0.3 is 4.90 Å². The number of hydrogen-bond acceptors (Lipinski definition) is 4. The maximum absolute atomic E-state index is 12.5. The summed E-state index contributed by atoms with van der Waals surface area (Å²) in [4.78, 5) is 26.9. The van der Waals surface area contributed by atoms with Crippen molar-refractivity contribution in [2.45, 2.75) is 32.4 Å². The number of carbonyl (C=O) groups excluding carboxylic acids is 1. The molecule has 1 saturated heterocycles. The van der Waals surface area contributed by atoms with Crippen molar-refractivity contribution in [1.82, 2.24) is 14.7 Å². The van der Waals surface area contributed by atoms with Crippen LogP contribution in [0.5, 0.6) is 0 Å². The van der Waals surface area contributed by atoms with Gasteiger partial charge in [0.05, 0.1) is 11.1 Å². The highest BCUT2D eigenvalue weighted by Gasteiger charge is 2.23. The lowest BCUT2D eigenvalue weighted by molar-refractivity contribution is -0.133. The summed E-state index contributed by atoms with van der Waals surface area (Å²) in [5, 5.41) is 5.78. The van der Waals surface area contributed by atoms with Crippen molar-refractivity contribution in [1.29, 1.82) is 0 Å². The molecule has 0 saturated carbocycles. The third-order valence-electron chi connectivity index (χ3n) is 4.47. The van der Waals surface area contributed by atoms with Crippen LogP contribution in [0.25, 0.3) is 10.8 Å². The van der Waals surface area contributed by atoms with Gasteiger partial charge in [-0.25, -0.2) is 4.68 Å². The van der Waals surface area contributed by atoms with Gasteiger partial charge in [-0.05, 0) is 37.3 Å². The highest BCUT2D eigenvalue weighted by Crippen LogP contribution is 2.21. The molecule has 1 aromatic carbocycles. The molecular formula is C17H21N3O2S. The number of thioether (sulfide) groups is 1. The number of likely N-dealkylation sites (N-methyl/N-ethyl adjacent to an activating group) is 1. The van der Waals surface area contributed by atoms with Gasteiger partial charge in [0, 0.05) is 18.5 Å². The number of carbonyl (C=O) groups is 1. The number of amides is 1. The second-order valence-corrected chi connectivity index (χ2v) is 7.17. The monoisotopic (exact) mass is 331 g/mol. The largest absolute Gasteiger partial charge is 0.341 e. The Bertz CT molecular complexity index is 781. The first-order valence-corrected chi connectivity index (χ1v) is 9.03. The lowest BCUT2D eigenvalue weighted by Gasteiger charge is -2.31. The smallest absolute Gasteiger partial charge is 0.275 e. The molecule has 2 aromatic rings. The van der Waals surface area contributed by atoms with Crippen LogP contribution in [0.1, 0.15) is 18.5 Å². The minimum Gasteiger partial charge on any atom is -0.341 e. The van der Waals surface area contributed by atoms with Crippen LogP contribution in [-0.4, -0.2) is 45.2 Å². The van der Waals surface area contributed by atoms with Crippen LogP contribution >= 0.6 is 11.8 Å². The van der Waals surface area contributed by atoms with E-state index in [-0.39, 0.29) is 24.1 Å². The van der Waals surface area contributed by atoms with Gasteiger partial charge in [0.25, 0.3) is 5.56 Å². The van der Waals surface area contributed by atoms with Gasteiger partial charge >= 0.3 is 0 Å². The molecule has 1 fully saturated rings. The Morgan fingerprint density at radius 2 is 1.96 bits per heavy atom. The maximum atomic E-state index is 12.5. The highest BCUT2D eigenvalue weighted by atomic mass is 32.2. The highest BCUT2D eigenvalue weighted by molar-refractivity contribution is 7.99. The minimum absolute atomic E-state index is 0.00461. The van der Waals surface area contributed by atoms with Crippen molar-refractivity contribution in [3.63, 3.8) is 0 Å². The fourth-order valence-corrected chi connectivity index (χ4v) is 4.11. The average molecular weight is 331 g/mol. The van der Waals surface area contributed by atoms with Crippen molar-refractivity contribution in [3.8, 4) is 0 Å². The van der Waals surface area contributed by atoms with Crippen molar-refractivity contribution in [3.05, 3.63) is 40.3 Å². The molecule has 1 aliphatic heterocycles. The number of fused-ring (bicyclic) bond motifs is 1. The van der Waals surface area contributed by atoms with Crippen LogP contribution in [-0.2, 0) is 11.3 Å². The number of benzene rings is 1. The third kappa shape index (κ3) is 3.27. The van der Waals surface area contributed by atoms with E-state index in [1.807, 2.05) is 43.9 Å². The van der Waals surface area contributed by atoms with Crippen LogP contribution in [0.2, 0.25) is 0 Å². The molecule has 122 valence electrons. The predicted octanol–water partition coefficient (Wildman–Crippen LogP) is 2.06. The molecular weight excluding hydrogens is 310 g/mol. The molecule has 0 atom stereocenters. The Labute approximate surface area is 139 Å². The third-order valence-corrected chi connectivity index (χ3v) is 5.52. The second-order valence-electron chi connectivity index (χ2n) is 5.94. The average Bonchev–Trinajstić information content (AvgIpc) is 2.59. The van der Waals surface area contributed by atoms with Crippen molar-refractivity contribution in [2.75, 3.05) is 18.6 Å². The van der Waals surface area contributed by atoms with Crippen LogP contribution in [0.4, 0.5) is 0 Å². The molecule has 1 amide bonds. The maximum Gasteiger partial charge on any atom is 0.275 e. The fourth-order valence-electron chi connectivity index (χ4n) is 3.03. The number of hydrogen-bond donors (Lipinski definition) is 0.